The molecule has 1 amide bonds. The maximum Gasteiger partial charge on any atom is 0.265 e. The molecule has 0 atom stereocenters. The second-order valence-electron chi connectivity index (χ2n) is 9.23. The van der Waals surface area contributed by atoms with Crippen LogP contribution in [0.2, 0.25) is 15.1 Å². The lowest BCUT2D eigenvalue weighted by Gasteiger charge is -2.20. The molecule has 0 bridgehead atoms. The number of hydrogen-bond acceptors (Lipinski definition) is 4. The number of carbonyl (C=O) groups is 2. The molecule has 0 aliphatic heterocycles. The molecule has 1 fully saturated rings. The maximum atomic E-state index is 13.6. The van der Waals surface area contributed by atoms with Crippen LogP contribution in [0.25, 0.3) is 33.4 Å². The normalized spacial score (nSPS) is 13.1. The summed E-state index contributed by atoms with van der Waals surface area (Å²) in [6.07, 6.45) is 1.99. The Morgan fingerprint density at radius 3 is 2.24 bits per heavy atom. The molecule has 2 aromatic carbocycles. The van der Waals surface area contributed by atoms with Gasteiger partial charge in [0.1, 0.15) is 11.2 Å². The number of ketones is 1. The number of nitrogens with zero attached hydrogens (tertiary/aromatic N) is 2. The van der Waals surface area contributed by atoms with Gasteiger partial charge in [0.25, 0.3) is 5.56 Å². The van der Waals surface area contributed by atoms with Gasteiger partial charge >= 0.3 is 0 Å². The lowest BCUT2D eigenvalue weighted by atomic mass is 9.96. The third kappa shape index (κ3) is 5.01. The number of amides is 1. The SMILES string of the molecule is CC(=O)Nc1c(C(C)=O)c(=O)n(CC2CC2)c2nc(-c3ccc(Cl)cc3Cl)c(-c3ccc(Cl)cc3)cc12. The van der Waals surface area contributed by atoms with Crippen molar-refractivity contribution >= 4 is 63.2 Å². The first kappa shape index (κ1) is 25.5. The standard InChI is InChI=1S/C28H22Cl3N3O3/c1-14(35)24-26(32-15(2)36)22-12-21(17-5-7-18(29)8-6-17)25(20-10-9-19(30)11-23(20)31)33-27(22)34(28(24)37)13-16-3-4-16/h5-12,16H,3-4,13H2,1-2H3,(H,32,36). The van der Waals surface area contributed by atoms with Gasteiger partial charge in [0.15, 0.2) is 5.78 Å². The van der Waals surface area contributed by atoms with Gasteiger partial charge in [-0.05, 0) is 67.6 Å². The molecule has 0 spiro atoms. The molecule has 6 nitrogen and oxygen atoms in total. The van der Waals surface area contributed by atoms with Crippen LogP contribution < -0.4 is 10.9 Å². The summed E-state index contributed by atoms with van der Waals surface area (Å²) in [4.78, 5) is 43.5. The molecule has 4 aromatic rings. The minimum atomic E-state index is -0.476. The summed E-state index contributed by atoms with van der Waals surface area (Å²) >= 11 is 18.9. The molecule has 5 rings (SSSR count). The van der Waals surface area contributed by atoms with Crippen molar-refractivity contribution in [2.75, 3.05) is 5.32 Å². The van der Waals surface area contributed by atoms with Crippen molar-refractivity contribution in [3.8, 4) is 22.4 Å². The largest absolute Gasteiger partial charge is 0.325 e. The number of Topliss-reactive ketones (excluding diaryl/α,β-unsaturated/α-hetero) is 1. The Balaban J connectivity index is 1.94. The molecule has 9 heteroatoms. The zero-order chi connectivity index (χ0) is 26.4. The number of rotatable bonds is 6. The minimum absolute atomic E-state index is 0.0653. The molecule has 1 N–H and O–H groups in total. The van der Waals surface area contributed by atoms with E-state index in [-0.39, 0.29) is 11.3 Å². The van der Waals surface area contributed by atoms with E-state index in [9.17, 15) is 14.4 Å². The van der Waals surface area contributed by atoms with E-state index in [4.69, 9.17) is 39.8 Å². The molecule has 0 saturated heterocycles. The van der Waals surface area contributed by atoms with Gasteiger partial charge in [0.05, 0.1) is 16.4 Å². The van der Waals surface area contributed by atoms with Crippen LogP contribution in [0.4, 0.5) is 5.69 Å². The zero-order valence-electron chi connectivity index (χ0n) is 20.1. The number of pyridine rings is 2. The second-order valence-corrected chi connectivity index (χ2v) is 10.5. The fourth-order valence-electron chi connectivity index (χ4n) is 4.46. The zero-order valence-corrected chi connectivity index (χ0v) is 22.3. The summed E-state index contributed by atoms with van der Waals surface area (Å²) in [6.45, 7) is 3.09. The van der Waals surface area contributed by atoms with Crippen LogP contribution in [0.1, 0.15) is 37.0 Å². The summed E-state index contributed by atoms with van der Waals surface area (Å²) in [5, 5.41) is 4.65. The molecule has 37 heavy (non-hydrogen) atoms. The maximum absolute atomic E-state index is 13.6. The molecule has 2 aromatic heterocycles. The molecule has 0 radical (unpaired) electrons. The first-order valence-electron chi connectivity index (χ1n) is 11.8. The van der Waals surface area contributed by atoms with E-state index in [0.717, 1.165) is 18.4 Å². The highest BCUT2D eigenvalue weighted by atomic mass is 35.5. The van der Waals surface area contributed by atoms with Crippen molar-refractivity contribution < 1.29 is 9.59 Å². The molecule has 2 heterocycles. The summed E-state index contributed by atoms with van der Waals surface area (Å²) in [5.41, 5.74) is 2.61. The van der Waals surface area contributed by atoms with Crippen molar-refractivity contribution in [1.82, 2.24) is 9.55 Å². The van der Waals surface area contributed by atoms with Crippen molar-refractivity contribution in [3.63, 3.8) is 0 Å². The van der Waals surface area contributed by atoms with Crippen LogP contribution in [-0.2, 0) is 11.3 Å². The molecular weight excluding hydrogens is 533 g/mol. The number of anilines is 1. The Kier molecular flexibility index (Phi) is 6.84. The van der Waals surface area contributed by atoms with E-state index in [1.807, 2.05) is 18.2 Å². The van der Waals surface area contributed by atoms with Gasteiger partial charge < -0.3 is 5.32 Å². The third-order valence-electron chi connectivity index (χ3n) is 6.37. The number of hydrogen-bond donors (Lipinski definition) is 1. The van der Waals surface area contributed by atoms with Gasteiger partial charge in [0, 0.05) is 40.0 Å². The Labute approximate surface area is 228 Å². The van der Waals surface area contributed by atoms with E-state index in [1.165, 1.54) is 13.8 Å². The molecular formula is C28H22Cl3N3O3. The average Bonchev–Trinajstić information content (AvgIpc) is 3.65. The highest BCUT2D eigenvalue weighted by Crippen LogP contribution is 2.40. The van der Waals surface area contributed by atoms with E-state index in [2.05, 4.69) is 5.32 Å². The first-order valence-corrected chi connectivity index (χ1v) is 12.9. The van der Waals surface area contributed by atoms with E-state index in [1.54, 1.807) is 34.9 Å². The highest BCUT2D eigenvalue weighted by Gasteiger charge is 2.28. The number of nitrogens with one attached hydrogen (secondary N) is 1. The Morgan fingerprint density at radius 1 is 0.973 bits per heavy atom. The Bertz CT molecular complexity index is 1640. The van der Waals surface area contributed by atoms with Gasteiger partial charge in [-0.2, -0.15) is 0 Å². The predicted octanol–water partition coefficient (Wildman–Crippen LogP) is 7.26. The first-order chi connectivity index (χ1) is 17.6. The van der Waals surface area contributed by atoms with Gasteiger partial charge in [0.2, 0.25) is 5.91 Å². The molecule has 1 aliphatic carbocycles. The highest BCUT2D eigenvalue weighted by molar-refractivity contribution is 6.36. The third-order valence-corrected chi connectivity index (χ3v) is 7.17. The quantitative estimate of drug-likeness (QED) is 0.254. The van der Waals surface area contributed by atoms with Crippen LogP contribution >= 0.6 is 34.8 Å². The monoisotopic (exact) mass is 553 g/mol. The number of halogens is 3. The Morgan fingerprint density at radius 2 is 1.65 bits per heavy atom. The Hall–Kier alpha value is -3.19. The number of benzene rings is 2. The van der Waals surface area contributed by atoms with Crippen LogP contribution in [0.15, 0.2) is 53.3 Å². The van der Waals surface area contributed by atoms with Crippen molar-refractivity contribution in [2.45, 2.75) is 33.2 Å². The topological polar surface area (TPSA) is 81.1 Å². The fraction of sp³-hybridized carbons (Fsp3) is 0.214. The molecule has 0 unspecified atom stereocenters. The number of aromatic nitrogens is 2. The molecule has 1 saturated carbocycles. The summed E-state index contributed by atoms with van der Waals surface area (Å²) < 4.78 is 1.55. The van der Waals surface area contributed by atoms with Gasteiger partial charge in [-0.15, -0.1) is 0 Å². The van der Waals surface area contributed by atoms with E-state index in [0.29, 0.717) is 55.4 Å². The lowest BCUT2D eigenvalue weighted by molar-refractivity contribution is -0.114. The average molecular weight is 555 g/mol. The summed E-state index contributed by atoms with van der Waals surface area (Å²) in [5.74, 6) is -0.508. The van der Waals surface area contributed by atoms with Gasteiger partial charge in [-0.1, -0.05) is 46.9 Å². The van der Waals surface area contributed by atoms with Crippen LogP contribution in [-0.4, -0.2) is 21.2 Å². The van der Waals surface area contributed by atoms with E-state index < -0.39 is 17.2 Å². The number of carbonyl (C=O) groups excluding carboxylic acids is 2. The minimum Gasteiger partial charge on any atom is -0.325 e. The smallest absolute Gasteiger partial charge is 0.265 e. The van der Waals surface area contributed by atoms with E-state index >= 15 is 0 Å². The van der Waals surface area contributed by atoms with Crippen molar-refractivity contribution in [3.05, 3.63) is 79.5 Å². The lowest BCUT2D eigenvalue weighted by Crippen LogP contribution is -2.30. The van der Waals surface area contributed by atoms with Crippen LogP contribution in [0.5, 0.6) is 0 Å². The van der Waals surface area contributed by atoms with Gasteiger partial charge in [-0.3, -0.25) is 19.0 Å². The van der Waals surface area contributed by atoms with Gasteiger partial charge in [-0.25, -0.2) is 4.98 Å². The number of fused-ring (bicyclic) bond motifs is 1. The van der Waals surface area contributed by atoms with Crippen LogP contribution in [0, 0.1) is 5.92 Å². The predicted molar refractivity (Wildman–Crippen MR) is 149 cm³/mol. The fourth-order valence-corrected chi connectivity index (χ4v) is 5.09. The van der Waals surface area contributed by atoms with Crippen molar-refractivity contribution in [1.29, 1.82) is 0 Å². The molecule has 1 aliphatic rings. The van der Waals surface area contributed by atoms with Crippen LogP contribution in [0.3, 0.4) is 0 Å². The summed E-state index contributed by atoms with van der Waals surface area (Å²) in [6, 6.07) is 14.2. The second kappa shape index (κ2) is 9.93. The summed E-state index contributed by atoms with van der Waals surface area (Å²) in [7, 11) is 0. The van der Waals surface area contributed by atoms with Crippen molar-refractivity contribution in [2.24, 2.45) is 5.92 Å². The molecule has 188 valence electrons.